The van der Waals surface area contributed by atoms with Crippen LogP contribution in [0.15, 0.2) is 33.5 Å². The zero-order chi connectivity index (χ0) is 14.1. The van der Waals surface area contributed by atoms with Crippen LogP contribution in [0.3, 0.4) is 0 Å². The molecule has 4 nitrogen and oxygen atoms in total. The van der Waals surface area contributed by atoms with Crippen LogP contribution in [0.25, 0.3) is 11.4 Å². The van der Waals surface area contributed by atoms with Gasteiger partial charge in [0.2, 0.25) is 0 Å². The van der Waals surface area contributed by atoms with Crippen molar-refractivity contribution in [3.05, 3.63) is 50.3 Å². The lowest BCUT2D eigenvalue weighted by Gasteiger charge is -2.07. The minimum Gasteiger partial charge on any atom is -0.308 e. The van der Waals surface area contributed by atoms with Crippen LogP contribution in [-0.2, 0) is 6.54 Å². The van der Waals surface area contributed by atoms with Crippen LogP contribution in [0.2, 0.25) is 0 Å². The summed E-state index contributed by atoms with van der Waals surface area (Å²) in [5.41, 5.74) is 2.73. The average molecular weight is 334 g/mol. The molecule has 5 heteroatoms. The molecule has 3 rings (SSSR count). The van der Waals surface area contributed by atoms with Crippen LogP contribution in [0.4, 0.5) is 0 Å². The highest BCUT2D eigenvalue weighted by molar-refractivity contribution is 9.10. The Morgan fingerprint density at radius 3 is 2.90 bits per heavy atom. The first kappa shape index (κ1) is 13.5. The van der Waals surface area contributed by atoms with Crippen LogP contribution in [-0.4, -0.2) is 16.0 Å². The first-order chi connectivity index (χ1) is 9.61. The van der Waals surface area contributed by atoms with Gasteiger partial charge in [-0.1, -0.05) is 22.0 Å². The Labute approximate surface area is 125 Å². The molecule has 1 heterocycles. The normalized spacial score (nSPS) is 14.5. The number of aromatic nitrogens is 2. The second-order valence-electron chi connectivity index (χ2n) is 5.22. The summed E-state index contributed by atoms with van der Waals surface area (Å²) in [6.07, 6.45) is 2.44. The highest BCUT2D eigenvalue weighted by atomic mass is 79.9. The van der Waals surface area contributed by atoms with E-state index in [0.717, 1.165) is 21.3 Å². The molecule has 1 fully saturated rings. The fourth-order valence-electron chi connectivity index (χ4n) is 2.07. The molecule has 0 saturated heterocycles. The van der Waals surface area contributed by atoms with Crippen molar-refractivity contribution in [1.29, 1.82) is 0 Å². The van der Waals surface area contributed by atoms with Crippen molar-refractivity contribution in [1.82, 2.24) is 15.3 Å². The Bertz CT molecular complexity index is 692. The van der Waals surface area contributed by atoms with Crippen LogP contribution in [0.1, 0.15) is 24.1 Å². The average Bonchev–Trinajstić information content (AvgIpc) is 3.19. The Hall–Kier alpha value is -1.46. The molecule has 0 amide bonds. The molecule has 0 atom stereocenters. The number of halogens is 1. The van der Waals surface area contributed by atoms with Crippen molar-refractivity contribution in [3.8, 4) is 11.4 Å². The van der Waals surface area contributed by atoms with Gasteiger partial charge in [-0.15, -0.1) is 0 Å². The number of hydrogen-bond acceptors (Lipinski definition) is 3. The summed E-state index contributed by atoms with van der Waals surface area (Å²) in [6, 6.07) is 8.15. The van der Waals surface area contributed by atoms with Crippen molar-refractivity contribution < 1.29 is 0 Å². The first-order valence-electron chi connectivity index (χ1n) is 6.72. The Morgan fingerprint density at radius 2 is 2.20 bits per heavy atom. The van der Waals surface area contributed by atoms with Crippen molar-refractivity contribution >= 4 is 15.9 Å². The lowest BCUT2D eigenvalue weighted by atomic mass is 10.1. The minimum absolute atomic E-state index is 0.116. The van der Waals surface area contributed by atoms with E-state index in [9.17, 15) is 4.79 Å². The Balaban J connectivity index is 1.93. The summed E-state index contributed by atoms with van der Waals surface area (Å²) >= 11 is 3.53. The summed E-state index contributed by atoms with van der Waals surface area (Å²) in [7, 11) is 0. The maximum absolute atomic E-state index is 11.8. The van der Waals surface area contributed by atoms with E-state index in [1.54, 1.807) is 6.07 Å². The standard InChI is InChI=1S/C15H16BrN3O/c1-9-2-5-12(13(16)6-9)15-18-11(7-14(20)19-15)8-17-10-3-4-10/h2,5-7,10,17H,3-4,8H2,1H3,(H,18,19,20). The fourth-order valence-corrected chi connectivity index (χ4v) is 2.76. The molecule has 0 unspecified atom stereocenters. The van der Waals surface area contributed by atoms with Crippen molar-refractivity contribution in [2.24, 2.45) is 0 Å². The molecule has 0 radical (unpaired) electrons. The number of aromatic amines is 1. The van der Waals surface area contributed by atoms with E-state index in [1.165, 1.54) is 12.8 Å². The molecule has 1 saturated carbocycles. The molecule has 2 N–H and O–H groups in total. The van der Waals surface area contributed by atoms with E-state index >= 15 is 0 Å². The van der Waals surface area contributed by atoms with Gasteiger partial charge in [0.15, 0.2) is 0 Å². The second kappa shape index (κ2) is 5.50. The van der Waals surface area contributed by atoms with Gasteiger partial charge in [-0.05, 0) is 37.5 Å². The molecule has 104 valence electrons. The number of nitrogens with one attached hydrogen (secondary N) is 2. The van der Waals surface area contributed by atoms with Gasteiger partial charge >= 0.3 is 0 Å². The van der Waals surface area contributed by atoms with Gasteiger partial charge in [0, 0.05) is 28.7 Å². The van der Waals surface area contributed by atoms with Crippen molar-refractivity contribution in [3.63, 3.8) is 0 Å². The van der Waals surface area contributed by atoms with E-state index in [1.807, 2.05) is 25.1 Å². The van der Waals surface area contributed by atoms with E-state index in [-0.39, 0.29) is 5.56 Å². The highest BCUT2D eigenvalue weighted by Gasteiger charge is 2.20. The predicted octanol–water partition coefficient (Wildman–Crippen LogP) is 2.76. The molecular formula is C15H16BrN3O. The van der Waals surface area contributed by atoms with Gasteiger partial charge in [-0.2, -0.15) is 0 Å². The van der Waals surface area contributed by atoms with Gasteiger partial charge in [0.25, 0.3) is 5.56 Å². The van der Waals surface area contributed by atoms with E-state index in [2.05, 4.69) is 31.2 Å². The molecule has 0 spiro atoms. The van der Waals surface area contributed by atoms with Gasteiger partial charge in [0.05, 0.1) is 5.69 Å². The second-order valence-corrected chi connectivity index (χ2v) is 6.08. The number of nitrogens with zero attached hydrogens (tertiary/aromatic N) is 1. The highest BCUT2D eigenvalue weighted by Crippen LogP contribution is 2.26. The summed E-state index contributed by atoms with van der Waals surface area (Å²) in [5, 5.41) is 3.38. The maximum Gasteiger partial charge on any atom is 0.251 e. The zero-order valence-corrected chi connectivity index (χ0v) is 12.8. The predicted molar refractivity (Wildman–Crippen MR) is 82.6 cm³/mol. The monoisotopic (exact) mass is 333 g/mol. The third-order valence-corrected chi connectivity index (χ3v) is 3.98. The summed E-state index contributed by atoms with van der Waals surface area (Å²) < 4.78 is 0.938. The van der Waals surface area contributed by atoms with Gasteiger partial charge in [0.1, 0.15) is 5.82 Å². The van der Waals surface area contributed by atoms with Gasteiger partial charge in [-0.3, -0.25) is 4.79 Å². The minimum atomic E-state index is -0.116. The van der Waals surface area contributed by atoms with Crippen LogP contribution < -0.4 is 10.9 Å². The summed E-state index contributed by atoms with van der Waals surface area (Å²) in [6.45, 7) is 2.67. The quantitative estimate of drug-likeness (QED) is 0.904. The lowest BCUT2D eigenvalue weighted by molar-refractivity contribution is 0.672. The zero-order valence-electron chi connectivity index (χ0n) is 11.2. The lowest BCUT2D eigenvalue weighted by Crippen LogP contribution is -2.19. The summed E-state index contributed by atoms with van der Waals surface area (Å²) in [5.74, 6) is 0.608. The molecule has 20 heavy (non-hydrogen) atoms. The molecule has 0 bridgehead atoms. The van der Waals surface area contributed by atoms with Crippen molar-refractivity contribution in [2.75, 3.05) is 0 Å². The number of H-pyrrole nitrogens is 1. The smallest absolute Gasteiger partial charge is 0.251 e. The number of rotatable bonds is 4. The maximum atomic E-state index is 11.8. The van der Waals surface area contributed by atoms with Crippen LogP contribution >= 0.6 is 15.9 Å². The number of aryl methyl sites for hydroxylation is 1. The Morgan fingerprint density at radius 1 is 1.40 bits per heavy atom. The third kappa shape index (κ3) is 3.16. The SMILES string of the molecule is Cc1ccc(-c2nc(CNC3CC3)cc(=O)[nH]2)c(Br)c1. The van der Waals surface area contributed by atoms with E-state index in [4.69, 9.17) is 0 Å². The molecule has 0 aliphatic heterocycles. The molecule has 1 aromatic heterocycles. The van der Waals surface area contributed by atoms with E-state index in [0.29, 0.717) is 18.4 Å². The topological polar surface area (TPSA) is 57.8 Å². The number of benzene rings is 1. The van der Waals surface area contributed by atoms with Gasteiger partial charge < -0.3 is 10.3 Å². The van der Waals surface area contributed by atoms with Crippen LogP contribution in [0.5, 0.6) is 0 Å². The third-order valence-electron chi connectivity index (χ3n) is 3.32. The molecule has 1 aromatic carbocycles. The molecule has 2 aromatic rings. The first-order valence-corrected chi connectivity index (χ1v) is 7.51. The molecule has 1 aliphatic carbocycles. The van der Waals surface area contributed by atoms with Crippen molar-refractivity contribution in [2.45, 2.75) is 32.4 Å². The fraction of sp³-hybridized carbons (Fsp3) is 0.333. The Kier molecular flexibility index (Phi) is 3.72. The largest absolute Gasteiger partial charge is 0.308 e. The molecular weight excluding hydrogens is 318 g/mol. The van der Waals surface area contributed by atoms with Crippen LogP contribution in [0, 0.1) is 6.92 Å². The number of hydrogen-bond donors (Lipinski definition) is 2. The summed E-state index contributed by atoms with van der Waals surface area (Å²) in [4.78, 5) is 19.1. The molecule has 1 aliphatic rings. The van der Waals surface area contributed by atoms with E-state index < -0.39 is 0 Å². The van der Waals surface area contributed by atoms with Gasteiger partial charge in [-0.25, -0.2) is 4.98 Å².